The second-order valence-electron chi connectivity index (χ2n) is 4.47. The van der Waals surface area contributed by atoms with Gasteiger partial charge in [-0.05, 0) is 29.8 Å². The number of carbonyl (C=O) groups excluding carboxylic acids is 1. The SMILES string of the molecule is CN(Cc1ccccn1)C(=O)C(O)c1ccc(Br)cc1. The maximum atomic E-state index is 12.2. The van der Waals surface area contributed by atoms with Crippen molar-refractivity contribution in [1.29, 1.82) is 0 Å². The summed E-state index contributed by atoms with van der Waals surface area (Å²) in [5.41, 5.74) is 1.36. The molecule has 0 aliphatic carbocycles. The van der Waals surface area contributed by atoms with Crippen LogP contribution in [-0.4, -0.2) is 27.9 Å². The highest BCUT2D eigenvalue weighted by atomic mass is 79.9. The smallest absolute Gasteiger partial charge is 0.256 e. The largest absolute Gasteiger partial charge is 0.378 e. The van der Waals surface area contributed by atoms with Gasteiger partial charge in [0.2, 0.25) is 0 Å². The first-order chi connectivity index (χ1) is 9.58. The number of nitrogens with zero attached hydrogens (tertiary/aromatic N) is 2. The van der Waals surface area contributed by atoms with Gasteiger partial charge in [-0.2, -0.15) is 0 Å². The molecule has 0 bridgehead atoms. The van der Waals surface area contributed by atoms with Crippen LogP contribution in [0.4, 0.5) is 0 Å². The van der Waals surface area contributed by atoms with E-state index in [9.17, 15) is 9.90 Å². The molecule has 1 N–H and O–H groups in total. The van der Waals surface area contributed by atoms with Gasteiger partial charge in [-0.25, -0.2) is 0 Å². The van der Waals surface area contributed by atoms with Crippen LogP contribution in [0.2, 0.25) is 0 Å². The highest BCUT2D eigenvalue weighted by molar-refractivity contribution is 9.10. The molecule has 104 valence electrons. The number of aromatic nitrogens is 1. The van der Waals surface area contributed by atoms with E-state index >= 15 is 0 Å². The molecule has 1 unspecified atom stereocenters. The number of carbonyl (C=O) groups is 1. The molecule has 2 aromatic rings. The Morgan fingerprint density at radius 1 is 1.30 bits per heavy atom. The Morgan fingerprint density at radius 2 is 2.00 bits per heavy atom. The van der Waals surface area contributed by atoms with E-state index in [0.717, 1.165) is 10.2 Å². The monoisotopic (exact) mass is 334 g/mol. The summed E-state index contributed by atoms with van der Waals surface area (Å²) in [5, 5.41) is 10.1. The number of aliphatic hydroxyl groups excluding tert-OH is 1. The van der Waals surface area contributed by atoms with E-state index < -0.39 is 6.10 Å². The number of likely N-dealkylation sites (N-methyl/N-ethyl adjacent to an activating group) is 1. The minimum Gasteiger partial charge on any atom is -0.378 e. The number of halogens is 1. The third-order valence-corrected chi connectivity index (χ3v) is 3.45. The van der Waals surface area contributed by atoms with E-state index in [4.69, 9.17) is 0 Å². The van der Waals surface area contributed by atoms with Crippen molar-refractivity contribution in [2.45, 2.75) is 12.6 Å². The van der Waals surface area contributed by atoms with Gasteiger partial charge in [0.05, 0.1) is 12.2 Å². The summed E-state index contributed by atoms with van der Waals surface area (Å²) in [6.45, 7) is 0.368. The predicted molar refractivity (Wildman–Crippen MR) is 79.8 cm³/mol. The summed E-state index contributed by atoms with van der Waals surface area (Å²) in [6.07, 6.45) is 0.524. The first kappa shape index (κ1) is 14.7. The average Bonchev–Trinajstić information content (AvgIpc) is 2.47. The first-order valence-electron chi connectivity index (χ1n) is 6.16. The molecule has 20 heavy (non-hydrogen) atoms. The van der Waals surface area contributed by atoms with Gasteiger partial charge < -0.3 is 10.0 Å². The lowest BCUT2D eigenvalue weighted by Crippen LogP contribution is -2.31. The summed E-state index contributed by atoms with van der Waals surface area (Å²) in [6, 6.07) is 12.6. The van der Waals surface area contributed by atoms with Crippen molar-refractivity contribution in [2.75, 3.05) is 7.05 Å². The molecule has 0 aliphatic heterocycles. The molecule has 2 rings (SSSR count). The van der Waals surface area contributed by atoms with Crippen molar-refractivity contribution >= 4 is 21.8 Å². The minimum absolute atomic E-state index is 0.349. The van der Waals surface area contributed by atoms with Crippen LogP contribution in [0.25, 0.3) is 0 Å². The summed E-state index contributed by atoms with van der Waals surface area (Å²) in [7, 11) is 1.65. The highest BCUT2D eigenvalue weighted by Gasteiger charge is 2.21. The van der Waals surface area contributed by atoms with Crippen molar-refractivity contribution in [3.8, 4) is 0 Å². The second kappa shape index (κ2) is 6.63. The minimum atomic E-state index is -1.16. The molecular formula is C15H15BrN2O2. The van der Waals surface area contributed by atoms with Gasteiger partial charge in [0.15, 0.2) is 6.10 Å². The van der Waals surface area contributed by atoms with Gasteiger partial charge in [-0.3, -0.25) is 9.78 Å². The Bertz CT molecular complexity index is 572. The van der Waals surface area contributed by atoms with Crippen LogP contribution in [0, 0.1) is 0 Å². The van der Waals surface area contributed by atoms with Crippen LogP contribution in [-0.2, 0) is 11.3 Å². The Hall–Kier alpha value is -1.72. The Kier molecular flexibility index (Phi) is 4.87. The summed E-state index contributed by atoms with van der Waals surface area (Å²) >= 11 is 3.32. The molecule has 1 aromatic carbocycles. The van der Waals surface area contributed by atoms with E-state index in [1.165, 1.54) is 4.90 Å². The zero-order valence-corrected chi connectivity index (χ0v) is 12.6. The van der Waals surface area contributed by atoms with Gasteiger partial charge in [-0.1, -0.05) is 34.1 Å². The van der Waals surface area contributed by atoms with Gasteiger partial charge in [0.1, 0.15) is 0 Å². The Labute approximate surface area is 126 Å². The molecule has 0 aliphatic rings. The van der Waals surface area contributed by atoms with Gasteiger partial charge in [0, 0.05) is 17.7 Å². The summed E-state index contributed by atoms with van der Waals surface area (Å²) in [4.78, 5) is 17.8. The zero-order chi connectivity index (χ0) is 14.5. The van der Waals surface area contributed by atoms with Gasteiger partial charge >= 0.3 is 0 Å². The molecule has 1 heterocycles. The maximum Gasteiger partial charge on any atom is 0.256 e. The standard InChI is InChI=1S/C15H15BrN2O2/c1-18(10-13-4-2-3-9-17-13)15(20)14(19)11-5-7-12(16)8-6-11/h2-9,14,19H,10H2,1H3. The predicted octanol–water partition coefficient (Wildman–Crippen LogP) is 2.54. The average molecular weight is 335 g/mol. The van der Waals surface area contributed by atoms with Crippen molar-refractivity contribution < 1.29 is 9.90 Å². The molecule has 0 saturated heterocycles. The summed E-state index contributed by atoms with van der Waals surface area (Å²) < 4.78 is 0.905. The Morgan fingerprint density at radius 3 is 2.60 bits per heavy atom. The number of hydrogen-bond donors (Lipinski definition) is 1. The molecule has 1 aromatic heterocycles. The molecular weight excluding hydrogens is 320 g/mol. The van der Waals surface area contributed by atoms with Crippen LogP contribution in [0.3, 0.4) is 0 Å². The topological polar surface area (TPSA) is 53.4 Å². The second-order valence-corrected chi connectivity index (χ2v) is 5.39. The third kappa shape index (κ3) is 3.65. The molecule has 0 saturated carbocycles. The van der Waals surface area contributed by atoms with E-state index in [0.29, 0.717) is 12.1 Å². The van der Waals surface area contributed by atoms with Crippen LogP contribution in [0.15, 0.2) is 53.1 Å². The van der Waals surface area contributed by atoms with Crippen LogP contribution < -0.4 is 0 Å². The van der Waals surface area contributed by atoms with Gasteiger partial charge in [-0.15, -0.1) is 0 Å². The lowest BCUT2D eigenvalue weighted by molar-refractivity contribution is -0.139. The van der Waals surface area contributed by atoms with Crippen molar-refractivity contribution in [2.24, 2.45) is 0 Å². The van der Waals surface area contributed by atoms with Gasteiger partial charge in [0.25, 0.3) is 5.91 Å². The molecule has 1 amide bonds. The fourth-order valence-electron chi connectivity index (χ4n) is 1.81. The highest BCUT2D eigenvalue weighted by Crippen LogP contribution is 2.19. The van der Waals surface area contributed by atoms with Crippen LogP contribution in [0.5, 0.6) is 0 Å². The zero-order valence-electron chi connectivity index (χ0n) is 11.0. The number of benzene rings is 1. The lowest BCUT2D eigenvalue weighted by Gasteiger charge is -2.20. The van der Waals surface area contributed by atoms with Crippen LogP contribution >= 0.6 is 15.9 Å². The van der Waals surface area contributed by atoms with Crippen molar-refractivity contribution in [3.05, 3.63) is 64.4 Å². The maximum absolute atomic E-state index is 12.2. The van der Waals surface area contributed by atoms with Crippen LogP contribution in [0.1, 0.15) is 17.4 Å². The lowest BCUT2D eigenvalue weighted by atomic mass is 10.1. The Balaban J connectivity index is 2.04. The summed E-state index contributed by atoms with van der Waals surface area (Å²) in [5.74, 6) is -0.349. The van der Waals surface area contributed by atoms with E-state index in [1.807, 2.05) is 18.2 Å². The van der Waals surface area contributed by atoms with Crippen molar-refractivity contribution in [3.63, 3.8) is 0 Å². The fraction of sp³-hybridized carbons (Fsp3) is 0.200. The van der Waals surface area contributed by atoms with E-state index in [-0.39, 0.29) is 5.91 Å². The quantitative estimate of drug-likeness (QED) is 0.934. The number of amides is 1. The normalized spacial score (nSPS) is 11.9. The molecule has 5 heteroatoms. The fourth-order valence-corrected chi connectivity index (χ4v) is 2.07. The third-order valence-electron chi connectivity index (χ3n) is 2.92. The molecule has 1 atom stereocenters. The first-order valence-corrected chi connectivity index (χ1v) is 6.95. The van der Waals surface area contributed by atoms with E-state index in [1.54, 1.807) is 37.5 Å². The number of aliphatic hydroxyl groups is 1. The molecule has 0 radical (unpaired) electrons. The molecule has 4 nitrogen and oxygen atoms in total. The van der Waals surface area contributed by atoms with Crippen molar-refractivity contribution in [1.82, 2.24) is 9.88 Å². The molecule has 0 fully saturated rings. The van der Waals surface area contributed by atoms with E-state index in [2.05, 4.69) is 20.9 Å². The number of rotatable bonds is 4. The number of pyridine rings is 1. The number of hydrogen-bond acceptors (Lipinski definition) is 3. The molecule has 0 spiro atoms.